The van der Waals surface area contributed by atoms with Gasteiger partial charge in [0, 0.05) is 30.8 Å². The average molecular weight is 427 g/mol. The SMILES string of the molecule is CCCCc1nc2ccc(NC(=O)c3cccc(S(=O)(=O)N4CCCC4)c3)cc2[nH]1. The number of carbonyl (C=O) groups excluding carboxylic acids is 1. The second-order valence-electron chi connectivity index (χ2n) is 7.61. The second-order valence-corrected chi connectivity index (χ2v) is 9.55. The van der Waals surface area contributed by atoms with E-state index in [1.165, 1.54) is 10.4 Å². The Labute approximate surface area is 176 Å². The third kappa shape index (κ3) is 4.24. The zero-order valence-corrected chi connectivity index (χ0v) is 17.8. The minimum absolute atomic E-state index is 0.154. The Morgan fingerprint density at radius 1 is 1.17 bits per heavy atom. The topological polar surface area (TPSA) is 95.2 Å². The summed E-state index contributed by atoms with van der Waals surface area (Å²) in [5, 5.41) is 2.86. The van der Waals surface area contributed by atoms with Gasteiger partial charge in [0.05, 0.1) is 15.9 Å². The minimum Gasteiger partial charge on any atom is -0.342 e. The van der Waals surface area contributed by atoms with Gasteiger partial charge in [0.2, 0.25) is 10.0 Å². The van der Waals surface area contributed by atoms with E-state index in [-0.39, 0.29) is 10.8 Å². The van der Waals surface area contributed by atoms with Gasteiger partial charge < -0.3 is 10.3 Å². The number of hydrogen-bond acceptors (Lipinski definition) is 4. The lowest BCUT2D eigenvalue weighted by Gasteiger charge is -2.16. The fourth-order valence-corrected chi connectivity index (χ4v) is 5.24. The zero-order valence-electron chi connectivity index (χ0n) is 17.0. The lowest BCUT2D eigenvalue weighted by atomic mass is 10.2. The summed E-state index contributed by atoms with van der Waals surface area (Å²) < 4.78 is 27.0. The molecule has 0 radical (unpaired) electrons. The molecule has 7 nitrogen and oxygen atoms in total. The van der Waals surface area contributed by atoms with Gasteiger partial charge in [-0.3, -0.25) is 4.79 Å². The van der Waals surface area contributed by atoms with Gasteiger partial charge >= 0.3 is 0 Å². The van der Waals surface area contributed by atoms with Crippen molar-refractivity contribution in [3.8, 4) is 0 Å². The number of benzene rings is 2. The van der Waals surface area contributed by atoms with Crippen molar-refractivity contribution in [3.05, 3.63) is 53.9 Å². The number of aryl methyl sites for hydroxylation is 1. The second kappa shape index (κ2) is 8.57. The highest BCUT2D eigenvalue weighted by Gasteiger charge is 2.27. The summed E-state index contributed by atoms with van der Waals surface area (Å²) in [5.41, 5.74) is 2.66. The standard InChI is InChI=1S/C22H26N4O3S/c1-2-3-9-21-24-19-11-10-17(15-20(19)25-21)23-22(27)16-7-6-8-18(14-16)30(28,29)26-12-4-5-13-26/h6-8,10-11,14-15H,2-5,9,12-13H2,1H3,(H,23,27)(H,24,25). The Hall–Kier alpha value is -2.71. The maximum absolute atomic E-state index is 12.8. The minimum atomic E-state index is -3.56. The van der Waals surface area contributed by atoms with Crippen molar-refractivity contribution in [2.45, 2.75) is 43.9 Å². The number of rotatable bonds is 7. The number of anilines is 1. The van der Waals surface area contributed by atoms with Crippen molar-refractivity contribution in [1.29, 1.82) is 0 Å². The monoisotopic (exact) mass is 426 g/mol. The van der Waals surface area contributed by atoms with Crippen molar-refractivity contribution in [1.82, 2.24) is 14.3 Å². The number of unbranched alkanes of at least 4 members (excludes halogenated alkanes) is 1. The van der Waals surface area contributed by atoms with E-state index in [0.29, 0.717) is 24.3 Å². The molecule has 0 spiro atoms. The number of nitrogens with one attached hydrogen (secondary N) is 2. The van der Waals surface area contributed by atoms with Crippen molar-refractivity contribution >= 4 is 32.7 Å². The number of H-pyrrole nitrogens is 1. The molecule has 1 aliphatic heterocycles. The number of imidazole rings is 1. The fraction of sp³-hybridized carbons (Fsp3) is 0.364. The lowest BCUT2D eigenvalue weighted by Crippen LogP contribution is -2.28. The first-order chi connectivity index (χ1) is 14.5. The molecule has 2 N–H and O–H groups in total. The van der Waals surface area contributed by atoms with Gasteiger partial charge in [-0.1, -0.05) is 19.4 Å². The molecule has 158 valence electrons. The highest BCUT2D eigenvalue weighted by atomic mass is 32.2. The number of nitrogens with zero attached hydrogens (tertiary/aromatic N) is 2. The quantitative estimate of drug-likeness (QED) is 0.598. The van der Waals surface area contributed by atoms with Crippen LogP contribution < -0.4 is 5.32 Å². The van der Waals surface area contributed by atoms with Crippen LogP contribution in [0.1, 0.15) is 48.8 Å². The van der Waals surface area contributed by atoms with E-state index >= 15 is 0 Å². The Balaban J connectivity index is 1.52. The molecule has 1 saturated heterocycles. The van der Waals surface area contributed by atoms with Crippen LogP contribution in [0.3, 0.4) is 0 Å². The Kier molecular flexibility index (Phi) is 5.87. The average Bonchev–Trinajstić information content (AvgIpc) is 3.42. The first kappa shape index (κ1) is 20.6. The third-order valence-electron chi connectivity index (χ3n) is 5.35. The van der Waals surface area contributed by atoms with Gasteiger partial charge in [0.25, 0.3) is 5.91 Å². The van der Waals surface area contributed by atoms with Crippen LogP contribution >= 0.6 is 0 Å². The van der Waals surface area contributed by atoms with Crippen LogP contribution in [0.5, 0.6) is 0 Å². The largest absolute Gasteiger partial charge is 0.342 e. The summed E-state index contributed by atoms with van der Waals surface area (Å²) in [6.07, 6.45) is 4.81. The molecular formula is C22H26N4O3S. The van der Waals surface area contributed by atoms with Crippen LogP contribution in [0, 0.1) is 0 Å². The predicted octanol–water partition coefficient (Wildman–Crippen LogP) is 3.94. The van der Waals surface area contributed by atoms with E-state index in [1.54, 1.807) is 24.3 Å². The Morgan fingerprint density at radius 2 is 1.97 bits per heavy atom. The van der Waals surface area contributed by atoms with E-state index in [4.69, 9.17) is 0 Å². The fourth-order valence-electron chi connectivity index (χ4n) is 3.68. The van der Waals surface area contributed by atoms with Crippen LogP contribution in [0.4, 0.5) is 5.69 Å². The number of aromatic amines is 1. The highest BCUT2D eigenvalue weighted by Crippen LogP contribution is 2.23. The van der Waals surface area contributed by atoms with Gasteiger partial charge in [0.15, 0.2) is 0 Å². The van der Waals surface area contributed by atoms with Crippen LogP contribution in [0.15, 0.2) is 47.4 Å². The molecule has 2 aromatic carbocycles. The van der Waals surface area contributed by atoms with Gasteiger partial charge in [-0.2, -0.15) is 4.31 Å². The maximum Gasteiger partial charge on any atom is 0.255 e. The predicted molar refractivity (Wildman–Crippen MR) is 117 cm³/mol. The highest BCUT2D eigenvalue weighted by molar-refractivity contribution is 7.89. The molecule has 0 saturated carbocycles. The lowest BCUT2D eigenvalue weighted by molar-refractivity contribution is 0.102. The van der Waals surface area contributed by atoms with E-state index in [2.05, 4.69) is 22.2 Å². The smallest absolute Gasteiger partial charge is 0.255 e. The maximum atomic E-state index is 12.8. The molecule has 3 aromatic rings. The van der Waals surface area contributed by atoms with Crippen LogP contribution in [0.25, 0.3) is 11.0 Å². The molecule has 8 heteroatoms. The number of aromatic nitrogens is 2. The summed E-state index contributed by atoms with van der Waals surface area (Å²) >= 11 is 0. The molecule has 1 fully saturated rings. The third-order valence-corrected chi connectivity index (χ3v) is 7.25. The van der Waals surface area contributed by atoms with E-state index in [1.807, 2.05) is 12.1 Å². The van der Waals surface area contributed by atoms with Crippen molar-refractivity contribution in [2.24, 2.45) is 0 Å². The summed E-state index contributed by atoms with van der Waals surface area (Å²) in [7, 11) is -3.56. The zero-order chi connectivity index (χ0) is 21.1. The van der Waals surface area contributed by atoms with Gasteiger partial charge in [0.1, 0.15) is 5.82 Å². The molecule has 0 aliphatic carbocycles. The molecule has 1 amide bonds. The molecule has 30 heavy (non-hydrogen) atoms. The Bertz CT molecular complexity index is 1160. The molecule has 0 bridgehead atoms. The van der Waals surface area contributed by atoms with Crippen molar-refractivity contribution in [2.75, 3.05) is 18.4 Å². The molecule has 1 aromatic heterocycles. The molecule has 0 atom stereocenters. The summed E-state index contributed by atoms with van der Waals surface area (Å²) in [6, 6.07) is 11.7. The number of amides is 1. The molecule has 0 unspecified atom stereocenters. The number of sulfonamides is 1. The van der Waals surface area contributed by atoms with Crippen LogP contribution in [-0.4, -0.2) is 41.7 Å². The summed E-state index contributed by atoms with van der Waals surface area (Å²) in [6.45, 7) is 3.20. The van der Waals surface area contributed by atoms with Crippen molar-refractivity contribution in [3.63, 3.8) is 0 Å². The molecule has 4 rings (SSSR count). The normalized spacial score (nSPS) is 15.0. The summed E-state index contributed by atoms with van der Waals surface area (Å²) in [5.74, 6) is 0.591. The molecular weight excluding hydrogens is 400 g/mol. The summed E-state index contributed by atoms with van der Waals surface area (Å²) in [4.78, 5) is 20.8. The van der Waals surface area contributed by atoms with E-state index in [9.17, 15) is 13.2 Å². The first-order valence-electron chi connectivity index (χ1n) is 10.4. The Morgan fingerprint density at radius 3 is 2.73 bits per heavy atom. The molecule has 2 heterocycles. The van der Waals surface area contributed by atoms with Crippen LogP contribution in [0.2, 0.25) is 0 Å². The number of fused-ring (bicyclic) bond motifs is 1. The number of hydrogen-bond donors (Lipinski definition) is 2. The first-order valence-corrected chi connectivity index (χ1v) is 11.8. The van der Waals surface area contributed by atoms with Gasteiger partial charge in [-0.25, -0.2) is 13.4 Å². The number of carbonyl (C=O) groups is 1. The van der Waals surface area contributed by atoms with Crippen LogP contribution in [-0.2, 0) is 16.4 Å². The van der Waals surface area contributed by atoms with Gasteiger partial charge in [-0.05, 0) is 55.7 Å². The van der Waals surface area contributed by atoms with E-state index < -0.39 is 10.0 Å². The van der Waals surface area contributed by atoms with Crippen molar-refractivity contribution < 1.29 is 13.2 Å². The molecule has 1 aliphatic rings. The van der Waals surface area contributed by atoms with Gasteiger partial charge in [-0.15, -0.1) is 0 Å². The van der Waals surface area contributed by atoms with E-state index in [0.717, 1.165) is 49.0 Å².